The van der Waals surface area contributed by atoms with Crippen molar-refractivity contribution in [1.29, 1.82) is 0 Å². The second kappa shape index (κ2) is 5.65. The molecule has 0 aliphatic carbocycles. The van der Waals surface area contributed by atoms with Crippen LogP contribution in [-0.2, 0) is 13.0 Å². The molecule has 0 saturated carbocycles. The van der Waals surface area contributed by atoms with E-state index in [2.05, 4.69) is 9.97 Å². The molecule has 0 aliphatic heterocycles. The van der Waals surface area contributed by atoms with Crippen LogP contribution in [0.25, 0.3) is 0 Å². The van der Waals surface area contributed by atoms with Crippen LogP contribution in [0.15, 0.2) is 29.9 Å². The molecule has 0 fully saturated rings. The monoisotopic (exact) mass is 248 g/mol. The van der Waals surface area contributed by atoms with Crippen LogP contribution in [0.4, 0.5) is 0 Å². The highest BCUT2D eigenvalue weighted by Crippen LogP contribution is 2.13. The zero-order valence-corrected chi connectivity index (χ0v) is 9.98. The lowest BCUT2D eigenvalue weighted by Gasteiger charge is -2.03. The fourth-order valence-electron chi connectivity index (χ4n) is 1.53. The summed E-state index contributed by atoms with van der Waals surface area (Å²) in [6.45, 7) is -0.142. The zero-order chi connectivity index (χ0) is 12.1. The number of nitrogens with zero attached hydrogens (tertiary/aromatic N) is 2. The number of aliphatic hydroxyl groups is 1. The Morgan fingerprint density at radius 2 is 2.06 bits per heavy atom. The number of aliphatic hydroxyl groups excluding tert-OH is 1. The quantitative estimate of drug-likeness (QED) is 0.820. The second-order valence-corrected chi connectivity index (χ2v) is 4.46. The van der Waals surface area contributed by atoms with Crippen LogP contribution < -0.4 is 0 Å². The standard InChI is InChI=1S/C12H12N2O2S/c15-8-10-9(13-5-6-14-10)3-4-11(16)12-2-1-7-17-12/h1-2,5-7,15H,3-4,8H2. The summed E-state index contributed by atoms with van der Waals surface area (Å²) in [6, 6.07) is 3.68. The number of thiophene rings is 1. The van der Waals surface area contributed by atoms with Gasteiger partial charge in [0.15, 0.2) is 5.78 Å². The van der Waals surface area contributed by atoms with Gasteiger partial charge in [-0.2, -0.15) is 0 Å². The highest BCUT2D eigenvalue weighted by atomic mass is 32.1. The Kier molecular flexibility index (Phi) is 3.95. The molecule has 4 nitrogen and oxygen atoms in total. The smallest absolute Gasteiger partial charge is 0.173 e. The Labute approximate surface area is 103 Å². The number of hydrogen-bond donors (Lipinski definition) is 1. The molecule has 0 atom stereocenters. The molecule has 0 aliphatic rings. The number of carbonyl (C=O) groups excluding carboxylic acids is 1. The van der Waals surface area contributed by atoms with Crippen molar-refractivity contribution in [2.45, 2.75) is 19.4 Å². The lowest BCUT2D eigenvalue weighted by atomic mass is 10.1. The highest BCUT2D eigenvalue weighted by molar-refractivity contribution is 7.12. The summed E-state index contributed by atoms with van der Waals surface area (Å²) >= 11 is 1.44. The molecule has 2 rings (SSSR count). The molecule has 2 aromatic rings. The van der Waals surface area contributed by atoms with Crippen molar-refractivity contribution in [1.82, 2.24) is 9.97 Å². The summed E-state index contributed by atoms with van der Waals surface area (Å²) in [7, 11) is 0. The Morgan fingerprint density at radius 1 is 1.29 bits per heavy atom. The molecule has 0 aromatic carbocycles. The zero-order valence-electron chi connectivity index (χ0n) is 9.17. The topological polar surface area (TPSA) is 63.1 Å². The first-order valence-electron chi connectivity index (χ1n) is 5.27. The van der Waals surface area contributed by atoms with Crippen LogP contribution in [0.2, 0.25) is 0 Å². The molecule has 0 radical (unpaired) electrons. The van der Waals surface area contributed by atoms with E-state index >= 15 is 0 Å². The van der Waals surface area contributed by atoms with Crippen LogP contribution in [0, 0.1) is 0 Å². The van der Waals surface area contributed by atoms with Gasteiger partial charge in [-0.3, -0.25) is 14.8 Å². The van der Waals surface area contributed by atoms with Gasteiger partial charge in [0.25, 0.3) is 0 Å². The van der Waals surface area contributed by atoms with Gasteiger partial charge in [0.05, 0.1) is 22.9 Å². The van der Waals surface area contributed by atoms with Crippen molar-refractivity contribution < 1.29 is 9.90 Å². The van der Waals surface area contributed by atoms with E-state index < -0.39 is 0 Å². The largest absolute Gasteiger partial charge is 0.390 e. The highest BCUT2D eigenvalue weighted by Gasteiger charge is 2.10. The van der Waals surface area contributed by atoms with Crippen molar-refractivity contribution in [3.63, 3.8) is 0 Å². The van der Waals surface area contributed by atoms with E-state index in [1.54, 1.807) is 6.20 Å². The predicted molar refractivity (Wildman–Crippen MR) is 64.9 cm³/mol. The Bertz CT molecular complexity index is 497. The van der Waals surface area contributed by atoms with E-state index in [4.69, 9.17) is 5.11 Å². The fraction of sp³-hybridized carbons (Fsp3) is 0.250. The summed E-state index contributed by atoms with van der Waals surface area (Å²) in [4.78, 5) is 20.7. The molecule has 1 N–H and O–H groups in total. The molecule has 17 heavy (non-hydrogen) atoms. The van der Waals surface area contributed by atoms with Gasteiger partial charge in [-0.05, 0) is 17.9 Å². The third-order valence-corrected chi connectivity index (χ3v) is 3.31. The minimum Gasteiger partial charge on any atom is -0.390 e. The van der Waals surface area contributed by atoms with E-state index in [9.17, 15) is 4.79 Å². The molecule has 2 heterocycles. The minimum absolute atomic E-state index is 0.106. The number of aromatic nitrogens is 2. The molecule has 0 amide bonds. The Morgan fingerprint density at radius 3 is 2.71 bits per heavy atom. The van der Waals surface area contributed by atoms with Crippen LogP contribution in [0.1, 0.15) is 27.5 Å². The number of ketones is 1. The first-order chi connectivity index (χ1) is 8.31. The average molecular weight is 248 g/mol. The summed E-state index contributed by atoms with van der Waals surface area (Å²) < 4.78 is 0. The second-order valence-electron chi connectivity index (χ2n) is 3.51. The molecule has 0 spiro atoms. The lowest BCUT2D eigenvalue weighted by Crippen LogP contribution is -2.04. The van der Waals surface area contributed by atoms with E-state index in [0.717, 1.165) is 4.88 Å². The molecule has 0 saturated heterocycles. The summed E-state index contributed by atoms with van der Waals surface area (Å²) in [5, 5.41) is 11.0. The molecular weight excluding hydrogens is 236 g/mol. The average Bonchev–Trinajstić information content (AvgIpc) is 2.90. The van der Waals surface area contributed by atoms with Gasteiger partial charge in [0.2, 0.25) is 0 Å². The lowest BCUT2D eigenvalue weighted by molar-refractivity contribution is 0.0986. The van der Waals surface area contributed by atoms with Crippen LogP contribution in [-0.4, -0.2) is 20.9 Å². The maximum atomic E-state index is 11.8. The third kappa shape index (κ3) is 2.95. The molecule has 2 aromatic heterocycles. The molecule has 5 heteroatoms. The van der Waals surface area contributed by atoms with Gasteiger partial charge >= 0.3 is 0 Å². The number of rotatable bonds is 5. The SMILES string of the molecule is O=C(CCc1nccnc1CO)c1cccs1. The Hall–Kier alpha value is -1.59. The van der Waals surface area contributed by atoms with E-state index in [-0.39, 0.29) is 12.4 Å². The molecular formula is C12H12N2O2S. The van der Waals surface area contributed by atoms with Crippen molar-refractivity contribution in [2.75, 3.05) is 0 Å². The van der Waals surface area contributed by atoms with Crippen LogP contribution in [0.5, 0.6) is 0 Å². The predicted octanol–water partition coefficient (Wildman–Crippen LogP) is 1.85. The van der Waals surface area contributed by atoms with Crippen LogP contribution in [0.3, 0.4) is 0 Å². The first-order valence-corrected chi connectivity index (χ1v) is 6.15. The number of Topliss-reactive ketones (excluding diaryl/α,β-unsaturated/α-hetero) is 1. The van der Waals surface area contributed by atoms with Gasteiger partial charge in [0, 0.05) is 18.8 Å². The van der Waals surface area contributed by atoms with Gasteiger partial charge in [-0.15, -0.1) is 11.3 Å². The van der Waals surface area contributed by atoms with Crippen molar-refractivity contribution >= 4 is 17.1 Å². The summed E-state index contributed by atoms with van der Waals surface area (Å²) in [5.41, 5.74) is 1.24. The minimum atomic E-state index is -0.142. The van der Waals surface area contributed by atoms with Gasteiger partial charge in [-0.1, -0.05) is 6.07 Å². The van der Waals surface area contributed by atoms with E-state index in [0.29, 0.717) is 24.2 Å². The number of aryl methyl sites for hydroxylation is 1. The summed E-state index contributed by atoms with van der Waals surface area (Å²) in [5.74, 6) is 0.106. The molecule has 0 bridgehead atoms. The fourth-order valence-corrected chi connectivity index (χ4v) is 2.22. The molecule has 88 valence electrons. The van der Waals surface area contributed by atoms with E-state index in [1.165, 1.54) is 17.5 Å². The van der Waals surface area contributed by atoms with Crippen molar-refractivity contribution in [3.8, 4) is 0 Å². The van der Waals surface area contributed by atoms with Gasteiger partial charge < -0.3 is 5.11 Å². The maximum Gasteiger partial charge on any atom is 0.173 e. The van der Waals surface area contributed by atoms with Crippen molar-refractivity contribution in [3.05, 3.63) is 46.2 Å². The maximum absolute atomic E-state index is 11.8. The third-order valence-electron chi connectivity index (χ3n) is 2.40. The number of carbonyl (C=O) groups is 1. The number of hydrogen-bond acceptors (Lipinski definition) is 5. The van der Waals surface area contributed by atoms with Gasteiger partial charge in [-0.25, -0.2) is 0 Å². The summed E-state index contributed by atoms with van der Waals surface area (Å²) in [6.07, 6.45) is 4.02. The first kappa shape index (κ1) is 11.9. The Balaban J connectivity index is 2.00. The van der Waals surface area contributed by atoms with Crippen LogP contribution >= 0.6 is 11.3 Å². The molecule has 0 unspecified atom stereocenters. The van der Waals surface area contributed by atoms with E-state index in [1.807, 2.05) is 17.5 Å². The normalized spacial score (nSPS) is 10.4. The van der Waals surface area contributed by atoms with Gasteiger partial charge in [0.1, 0.15) is 0 Å². The van der Waals surface area contributed by atoms with Crippen molar-refractivity contribution in [2.24, 2.45) is 0 Å².